The summed E-state index contributed by atoms with van der Waals surface area (Å²) in [6, 6.07) is 6.87. The Labute approximate surface area is 204 Å². The number of ether oxygens (including phenoxy) is 1. The molecule has 1 aromatic carbocycles. The molecular weight excluding hydrogens is 444 g/mol. The van der Waals surface area contributed by atoms with Gasteiger partial charge in [0.15, 0.2) is 0 Å². The van der Waals surface area contributed by atoms with Crippen molar-refractivity contribution in [3.63, 3.8) is 0 Å². The Morgan fingerprint density at radius 3 is 2.03 bits per heavy atom. The molecule has 34 heavy (non-hydrogen) atoms. The van der Waals surface area contributed by atoms with E-state index in [1.807, 2.05) is 24.6 Å². The lowest BCUT2D eigenvalue weighted by Gasteiger charge is -2.54. The number of benzene rings is 1. The smallest absolute Gasteiger partial charge is 0.297 e. The first-order chi connectivity index (χ1) is 16.4. The van der Waals surface area contributed by atoms with Gasteiger partial charge in [0.2, 0.25) is 0 Å². The van der Waals surface area contributed by atoms with E-state index < -0.39 is 10.1 Å². The van der Waals surface area contributed by atoms with E-state index in [1.165, 1.54) is 57.8 Å². The van der Waals surface area contributed by atoms with E-state index in [-0.39, 0.29) is 17.6 Å². The van der Waals surface area contributed by atoms with E-state index in [0.717, 1.165) is 47.0 Å². The van der Waals surface area contributed by atoms with Crippen LogP contribution >= 0.6 is 0 Å². The summed E-state index contributed by atoms with van der Waals surface area (Å²) in [5, 5.41) is 0. The molecule has 7 bridgehead atoms. The average Bonchev–Trinajstić information content (AvgIpc) is 3.04. The van der Waals surface area contributed by atoms with Crippen LogP contribution in [0.4, 0.5) is 0 Å². The van der Waals surface area contributed by atoms with Gasteiger partial charge in [-0.3, -0.25) is 4.18 Å². The second-order valence-corrected chi connectivity index (χ2v) is 14.1. The van der Waals surface area contributed by atoms with E-state index in [1.54, 1.807) is 17.7 Å². The summed E-state index contributed by atoms with van der Waals surface area (Å²) < 4.78 is 37.3. The molecule has 0 unspecified atom stereocenters. The van der Waals surface area contributed by atoms with Gasteiger partial charge >= 0.3 is 0 Å². The minimum absolute atomic E-state index is 0.0950. The van der Waals surface area contributed by atoms with Gasteiger partial charge in [0.1, 0.15) is 0 Å². The molecule has 184 valence electrons. The fraction of sp³-hybridized carbons (Fsp3) is 0.724. The van der Waals surface area contributed by atoms with Crippen LogP contribution in [0.3, 0.4) is 0 Å². The third kappa shape index (κ3) is 3.64. The van der Waals surface area contributed by atoms with Crippen molar-refractivity contribution in [1.82, 2.24) is 0 Å². The quantitative estimate of drug-likeness (QED) is 0.288. The largest absolute Gasteiger partial charge is 0.371 e. The highest BCUT2D eigenvalue weighted by atomic mass is 32.2. The van der Waals surface area contributed by atoms with Gasteiger partial charge in [-0.25, -0.2) is 0 Å². The monoisotopic (exact) mass is 482 g/mol. The normalized spacial score (nSPS) is 42.1. The minimum atomic E-state index is -3.74. The molecule has 0 aliphatic heterocycles. The zero-order valence-electron chi connectivity index (χ0n) is 20.3. The Morgan fingerprint density at radius 1 is 0.735 bits per heavy atom. The van der Waals surface area contributed by atoms with Gasteiger partial charge in [0, 0.05) is 0 Å². The van der Waals surface area contributed by atoms with Crippen molar-refractivity contribution >= 4 is 10.1 Å². The van der Waals surface area contributed by atoms with Crippen molar-refractivity contribution in [3.05, 3.63) is 41.0 Å². The molecule has 0 heterocycles. The molecule has 5 atom stereocenters. The maximum absolute atomic E-state index is 12.6. The molecule has 1 aromatic rings. The summed E-state index contributed by atoms with van der Waals surface area (Å²) in [5.41, 5.74) is 4.58. The van der Waals surface area contributed by atoms with E-state index in [2.05, 4.69) is 0 Å². The molecule has 0 amide bonds. The van der Waals surface area contributed by atoms with Gasteiger partial charge < -0.3 is 4.74 Å². The van der Waals surface area contributed by atoms with Crippen LogP contribution in [0.15, 0.2) is 40.3 Å². The number of rotatable bonds is 6. The molecule has 0 N–H and O–H groups in total. The lowest BCUT2D eigenvalue weighted by Crippen LogP contribution is -2.45. The van der Waals surface area contributed by atoms with E-state index in [0.29, 0.717) is 12.5 Å². The number of allylic oxidation sites excluding steroid dienone is 1. The lowest BCUT2D eigenvalue weighted by atomic mass is 9.51. The van der Waals surface area contributed by atoms with Crippen LogP contribution < -0.4 is 0 Å². The standard InChI is InChI=1S/C29H38O4S/c1-17-2-4-25(5-3-17)34(30,31)33-7-6-32-29-26-15-20-9-21(26)16-24(14-20)28(29)27-22-10-18-8-19(12-22)13-23(27)11-18/h2-5,18-24,26,29H,6-16H2,1H3/t18?,19?,20-,21+,22?,23?,24-,26+,29-/m1/s1. The Hall–Kier alpha value is -1.17. The predicted molar refractivity (Wildman–Crippen MR) is 131 cm³/mol. The molecule has 8 rings (SSSR count). The highest BCUT2D eigenvalue weighted by Crippen LogP contribution is 2.63. The van der Waals surface area contributed by atoms with Crippen molar-refractivity contribution in [2.24, 2.45) is 47.3 Å². The van der Waals surface area contributed by atoms with Crippen molar-refractivity contribution in [2.75, 3.05) is 13.2 Å². The molecular formula is C29H38O4S. The number of hydrogen-bond donors (Lipinski definition) is 0. The van der Waals surface area contributed by atoms with Crippen LogP contribution in [0.5, 0.6) is 0 Å². The fourth-order valence-electron chi connectivity index (χ4n) is 9.56. The zero-order chi connectivity index (χ0) is 23.0. The molecule has 0 aromatic heterocycles. The first-order valence-electron chi connectivity index (χ1n) is 13.8. The summed E-state index contributed by atoms with van der Waals surface area (Å²) in [5.74, 6) is 6.62. The topological polar surface area (TPSA) is 52.6 Å². The van der Waals surface area contributed by atoms with E-state index in [9.17, 15) is 8.42 Å². The highest BCUT2D eigenvalue weighted by molar-refractivity contribution is 7.86. The van der Waals surface area contributed by atoms with Crippen LogP contribution in [0.2, 0.25) is 0 Å². The lowest BCUT2D eigenvalue weighted by molar-refractivity contribution is -0.0177. The minimum Gasteiger partial charge on any atom is -0.371 e. The zero-order valence-corrected chi connectivity index (χ0v) is 21.1. The Kier molecular flexibility index (Phi) is 5.30. The van der Waals surface area contributed by atoms with Crippen LogP contribution in [-0.4, -0.2) is 27.7 Å². The van der Waals surface area contributed by atoms with Crippen LogP contribution in [0, 0.1) is 54.3 Å². The molecule has 0 saturated heterocycles. The molecule has 5 heteroatoms. The SMILES string of the molecule is Cc1ccc(S(=O)(=O)OCCO[C@H]2C(=C3C4CC5CC(C4)CC3C5)[C@@H]3C[C@H]4C[C@@H](C3)[C@@H]2C4)cc1. The Morgan fingerprint density at radius 2 is 1.35 bits per heavy atom. The second kappa shape index (κ2) is 8.18. The summed E-state index contributed by atoms with van der Waals surface area (Å²) in [4.78, 5) is 0.226. The first kappa shape index (κ1) is 22.1. The Bertz CT molecular complexity index is 1060. The van der Waals surface area contributed by atoms with Gasteiger partial charge in [0.05, 0.1) is 24.2 Å². The molecule has 4 nitrogen and oxygen atoms in total. The summed E-state index contributed by atoms with van der Waals surface area (Å²) >= 11 is 0. The third-order valence-corrected chi connectivity index (χ3v) is 11.8. The second-order valence-electron chi connectivity index (χ2n) is 12.5. The number of aryl methyl sites for hydroxylation is 1. The Balaban J connectivity index is 1.11. The predicted octanol–water partition coefficient (Wildman–Crippen LogP) is 5.90. The van der Waals surface area contributed by atoms with Gasteiger partial charge in [-0.15, -0.1) is 0 Å². The number of hydrogen-bond acceptors (Lipinski definition) is 4. The van der Waals surface area contributed by atoms with Gasteiger partial charge in [-0.2, -0.15) is 8.42 Å². The third-order valence-electron chi connectivity index (χ3n) is 10.5. The van der Waals surface area contributed by atoms with Crippen LogP contribution in [-0.2, 0) is 19.0 Å². The molecule has 7 aliphatic rings. The summed E-state index contributed by atoms with van der Waals surface area (Å²) in [6.45, 7) is 2.40. The maximum Gasteiger partial charge on any atom is 0.297 e. The summed E-state index contributed by atoms with van der Waals surface area (Å²) in [7, 11) is -3.74. The van der Waals surface area contributed by atoms with Crippen molar-refractivity contribution in [3.8, 4) is 0 Å². The highest BCUT2D eigenvalue weighted by Gasteiger charge is 2.55. The van der Waals surface area contributed by atoms with E-state index in [4.69, 9.17) is 8.92 Å². The van der Waals surface area contributed by atoms with E-state index >= 15 is 0 Å². The fourth-order valence-corrected chi connectivity index (χ4v) is 10.5. The number of fused-ring (bicyclic) bond motifs is 2. The molecule has 0 spiro atoms. The average molecular weight is 483 g/mol. The van der Waals surface area contributed by atoms with Crippen molar-refractivity contribution in [1.29, 1.82) is 0 Å². The molecule has 0 radical (unpaired) electrons. The van der Waals surface area contributed by atoms with Crippen LogP contribution in [0.1, 0.15) is 63.4 Å². The van der Waals surface area contributed by atoms with Crippen LogP contribution in [0.25, 0.3) is 0 Å². The van der Waals surface area contributed by atoms with Gasteiger partial charge in [-0.1, -0.05) is 23.3 Å². The van der Waals surface area contributed by atoms with Crippen molar-refractivity contribution < 1.29 is 17.3 Å². The summed E-state index contributed by atoms with van der Waals surface area (Å²) in [6.07, 6.45) is 12.8. The van der Waals surface area contributed by atoms with Gasteiger partial charge in [-0.05, 0) is 130 Å². The van der Waals surface area contributed by atoms with Crippen molar-refractivity contribution in [2.45, 2.75) is 75.7 Å². The first-order valence-corrected chi connectivity index (χ1v) is 15.2. The molecule has 7 aliphatic carbocycles. The maximum atomic E-state index is 12.6. The molecule has 7 saturated carbocycles. The molecule has 7 fully saturated rings. The van der Waals surface area contributed by atoms with Gasteiger partial charge in [0.25, 0.3) is 10.1 Å².